The first-order valence-corrected chi connectivity index (χ1v) is 8.06. The van der Waals surface area contributed by atoms with Gasteiger partial charge in [0.2, 0.25) is 0 Å². The smallest absolute Gasteiger partial charge is 0.265 e. The maximum atomic E-state index is 12.2. The standard InChI is InChI=1S/C12H15N5OS2/c1-6(11-14-4-5-19-11)15-10(18)8-9(13)17-12(20-8)16-7-2-3-7/h4-7H,2-3,13H2,1H3,(H,15,18)(H,16,17). The minimum atomic E-state index is -0.202. The molecule has 3 rings (SSSR count). The molecular weight excluding hydrogens is 294 g/mol. The summed E-state index contributed by atoms with van der Waals surface area (Å²) in [6, 6.07) is 0.356. The summed E-state index contributed by atoms with van der Waals surface area (Å²) in [6.45, 7) is 1.90. The Balaban J connectivity index is 1.68. The molecule has 1 atom stereocenters. The number of amides is 1. The third-order valence-corrected chi connectivity index (χ3v) is 4.89. The van der Waals surface area contributed by atoms with Crippen LogP contribution in [0.4, 0.5) is 10.9 Å². The van der Waals surface area contributed by atoms with Gasteiger partial charge in [-0.2, -0.15) is 0 Å². The van der Waals surface area contributed by atoms with E-state index in [-0.39, 0.29) is 17.8 Å². The number of carbonyl (C=O) groups excluding carboxylic acids is 1. The molecule has 0 radical (unpaired) electrons. The van der Waals surface area contributed by atoms with Gasteiger partial charge in [0.1, 0.15) is 15.7 Å². The van der Waals surface area contributed by atoms with Crippen LogP contribution in [0.5, 0.6) is 0 Å². The zero-order chi connectivity index (χ0) is 14.1. The van der Waals surface area contributed by atoms with Crippen LogP contribution in [-0.2, 0) is 0 Å². The fraction of sp³-hybridized carbons (Fsp3) is 0.417. The number of aromatic nitrogens is 2. The van der Waals surface area contributed by atoms with Crippen LogP contribution in [0.2, 0.25) is 0 Å². The number of anilines is 2. The van der Waals surface area contributed by atoms with E-state index in [0.29, 0.717) is 10.9 Å². The third kappa shape index (κ3) is 2.91. The Morgan fingerprint density at radius 2 is 2.35 bits per heavy atom. The second kappa shape index (κ2) is 5.37. The summed E-state index contributed by atoms with van der Waals surface area (Å²) in [7, 11) is 0. The van der Waals surface area contributed by atoms with Crippen LogP contribution in [0.3, 0.4) is 0 Å². The molecule has 0 bridgehead atoms. The van der Waals surface area contributed by atoms with Crippen molar-refractivity contribution in [2.75, 3.05) is 11.1 Å². The average Bonchev–Trinajstić information content (AvgIpc) is 2.92. The molecule has 0 aliphatic heterocycles. The molecule has 8 heteroatoms. The van der Waals surface area contributed by atoms with Gasteiger partial charge >= 0.3 is 0 Å². The first-order chi connectivity index (χ1) is 9.63. The monoisotopic (exact) mass is 309 g/mol. The number of nitrogens with zero attached hydrogens (tertiary/aromatic N) is 2. The number of rotatable bonds is 5. The normalized spacial score (nSPS) is 15.8. The number of hydrogen-bond acceptors (Lipinski definition) is 7. The van der Waals surface area contributed by atoms with E-state index in [2.05, 4.69) is 20.6 Å². The minimum Gasteiger partial charge on any atom is -0.382 e. The minimum absolute atomic E-state index is 0.135. The molecule has 106 valence electrons. The number of carbonyl (C=O) groups is 1. The van der Waals surface area contributed by atoms with Crippen LogP contribution in [-0.4, -0.2) is 21.9 Å². The van der Waals surface area contributed by atoms with Crippen LogP contribution in [0.1, 0.15) is 40.5 Å². The highest BCUT2D eigenvalue weighted by atomic mass is 32.1. The molecule has 1 amide bonds. The number of nitrogens with two attached hydrogens (primary N) is 1. The quantitative estimate of drug-likeness (QED) is 0.787. The van der Waals surface area contributed by atoms with E-state index in [1.165, 1.54) is 22.7 Å². The molecule has 0 spiro atoms. The summed E-state index contributed by atoms with van der Waals surface area (Å²) < 4.78 is 0. The molecule has 4 N–H and O–H groups in total. The van der Waals surface area contributed by atoms with Crippen molar-refractivity contribution in [2.24, 2.45) is 0 Å². The van der Waals surface area contributed by atoms with Gasteiger partial charge in [0.05, 0.1) is 6.04 Å². The SMILES string of the molecule is CC(NC(=O)c1sc(NC2CC2)nc1N)c1nccs1. The molecule has 1 unspecified atom stereocenters. The van der Waals surface area contributed by atoms with Crippen LogP contribution in [0, 0.1) is 0 Å². The van der Waals surface area contributed by atoms with Crippen molar-refractivity contribution in [1.82, 2.24) is 15.3 Å². The van der Waals surface area contributed by atoms with Crippen LogP contribution in [0.15, 0.2) is 11.6 Å². The highest BCUT2D eigenvalue weighted by molar-refractivity contribution is 7.18. The lowest BCUT2D eigenvalue weighted by molar-refractivity contribution is 0.0944. The van der Waals surface area contributed by atoms with Crippen molar-refractivity contribution in [3.05, 3.63) is 21.5 Å². The summed E-state index contributed by atoms with van der Waals surface area (Å²) in [5.74, 6) is 0.0773. The third-order valence-electron chi connectivity index (χ3n) is 2.93. The lowest BCUT2D eigenvalue weighted by atomic mass is 10.3. The molecule has 2 aromatic rings. The number of thiazole rings is 2. The van der Waals surface area contributed by atoms with Gasteiger partial charge in [0.25, 0.3) is 5.91 Å². The Morgan fingerprint density at radius 1 is 1.55 bits per heavy atom. The first-order valence-electron chi connectivity index (χ1n) is 6.36. The molecule has 6 nitrogen and oxygen atoms in total. The van der Waals surface area contributed by atoms with E-state index in [0.717, 1.165) is 23.0 Å². The van der Waals surface area contributed by atoms with Crippen molar-refractivity contribution < 1.29 is 4.79 Å². The lowest BCUT2D eigenvalue weighted by Crippen LogP contribution is -2.26. The fourth-order valence-corrected chi connectivity index (χ4v) is 3.24. The van der Waals surface area contributed by atoms with Gasteiger partial charge < -0.3 is 16.4 Å². The van der Waals surface area contributed by atoms with E-state index in [1.807, 2.05) is 12.3 Å². The van der Waals surface area contributed by atoms with Gasteiger partial charge in [-0.15, -0.1) is 11.3 Å². The van der Waals surface area contributed by atoms with Gasteiger partial charge in [0.15, 0.2) is 5.13 Å². The van der Waals surface area contributed by atoms with Crippen LogP contribution < -0.4 is 16.4 Å². The summed E-state index contributed by atoms with van der Waals surface area (Å²) in [5, 5.41) is 9.62. The predicted molar refractivity (Wildman–Crippen MR) is 81.2 cm³/mol. The highest BCUT2D eigenvalue weighted by Gasteiger charge is 2.24. The Labute approximate surface area is 124 Å². The Bertz CT molecular complexity index is 605. The van der Waals surface area contributed by atoms with Crippen LogP contribution >= 0.6 is 22.7 Å². The molecular formula is C12H15N5OS2. The highest BCUT2D eigenvalue weighted by Crippen LogP contribution is 2.30. The predicted octanol–water partition coefficient (Wildman–Crippen LogP) is 2.25. The number of nitrogen functional groups attached to an aromatic ring is 1. The second-order valence-corrected chi connectivity index (χ2v) is 6.64. The maximum Gasteiger partial charge on any atom is 0.265 e. The molecule has 2 aromatic heterocycles. The Morgan fingerprint density at radius 3 is 3.00 bits per heavy atom. The Kier molecular flexibility index (Phi) is 3.58. The molecule has 1 saturated carbocycles. The number of nitrogens with one attached hydrogen (secondary N) is 2. The van der Waals surface area contributed by atoms with Gasteiger partial charge in [0, 0.05) is 17.6 Å². The van der Waals surface area contributed by atoms with Gasteiger partial charge in [-0.05, 0) is 19.8 Å². The fourth-order valence-electron chi connectivity index (χ4n) is 1.73. The largest absolute Gasteiger partial charge is 0.382 e. The molecule has 1 fully saturated rings. The summed E-state index contributed by atoms with van der Waals surface area (Å²) in [6.07, 6.45) is 4.03. The molecule has 0 aromatic carbocycles. The van der Waals surface area contributed by atoms with E-state index >= 15 is 0 Å². The van der Waals surface area contributed by atoms with Crippen molar-refractivity contribution in [3.63, 3.8) is 0 Å². The van der Waals surface area contributed by atoms with Gasteiger partial charge in [-0.1, -0.05) is 11.3 Å². The van der Waals surface area contributed by atoms with E-state index in [1.54, 1.807) is 6.20 Å². The molecule has 1 aliphatic carbocycles. The zero-order valence-corrected chi connectivity index (χ0v) is 12.6. The number of hydrogen-bond donors (Lipinski definition) is 3. The van der Waals surface area contributed by atoms with E-state index in [9.17, 15) is 4.79 Å². The maximum absolute atomic E-state index is 12.2. The zero-order valence-electron chi connectivity index (χ0n) is 10.9. The summed E-state index contributed by atoms with van der Waals surface area (Å²) in [5.41, 5.74) is 5.82. The first kappa shape index (κ1) is 13.3. The molecule has 20 heavy (non-hydrogen) atoms. The van der Waals surface area contributed by atoms with Crippen molar-refractivity contribution >= 4 is 39.5 Å². The van der Waals surface area contributed by atoms with Gasteiger partial charge in [-0.3, -0.25) is 4.79 Å². The Hall–Kier alpha value is -1.67. The molecule has 2 heterocycles. The topological polar surface area (TPSA) is 92.9 Å². The van der Waals surface area contributed by atoms with Crippen molar-refractivity contribution in [2.45, 2.75) is 31.8 Å². The van der Waals surface area contributed by atoms with Crippen molar-refractivity contribution in [3.8, 4) is 0 Å². The molecule has 0 saturated heterocycles. The average molecular weight is 309 g/mol. The molecule has 1 aliphatic rings. The van der Waals surface area contributed by atoms with Crippen molar-refractivity contribution in [1.29, 1.82) is 0 Å². The second-order valence-electron chi connectivity index (χ2n) is 4.72. The summed E-state index contributed by atoms with van der Waals surface area (Å²) >= 11 is 2.81. The lowest BCUT2D eigenvalue weighted by Gasteiger charge is -2.09. The summed E-state index contributed by atoms with van der Waals surface area (Å²) in [4.78, 5) is 21.0. The van der Waals surface area contributed by atoms with Crippen LogP contribution in [0.25, 0.3) is 0 Å². The van der Waals surface area contributed by atoms with E-state index in [4.69, 9.17) is 5.73 Å². The van der Waals surface area contributed by atoms with Gasteiger partial charge in [-0.25, -0.2) is 9.97 Å². The van der Waals surface area contributed by atoms with E-state index < -0.39 is 0 Å².